The maximum atomic E-state index is 13.4. The Balaban J connectivity index is 2.24. The lowest BCUT2D eigenvalue weighted by Crippen LogP contribution is -2.24. The lowest BCUT2D eigenvalue weighted by Gasteiger charge is -2.20. The van der Waals surface area contributed by atoms with Crippen LogP contribution in [0.1, 0.15) is 30.5 Å². The highest BCUT2D eigenvalue weighted by atomic mass is 79.9. The van der Waals surface area contributed by atoms with Crippen LogP contribution in [0.5, 0.6) is 0 Å². The van der Waals surface area contributed by atoms with Crippen molar-refractivity contribution in [3.05, 3.63) is 68.4 Å². The monoisotopic (exact) mass is 413 g/mol. The van der Waals surface area contributed by atoms with Crippen LogP contribution < -0.4 is 5.32 Å². The Morgan fingerprint density at radius 2 is 1.86 bits per heavy atom. The Kier molecular flexibility index (Phi) is 6.40. The van der Waals surface area contributed by atoms with Gasteiger partial charge in [-0.25, -0.2) is 4.39 Å². The van der Waals surface area contributed by atoms with Crippen molar-refractivity contribution in [3.63, 3.8) is 0 Å². The zero-order chi connectivity index (χ0) is 15.2. The van der Waals surface area contributed by atoms with Crippen LogP contribution >= 0.6 is 31.9 Å². The highest BCUT2D eigenvalue weighted by Crippen LogP contribution is 2.27. The van der Waals surface area contributed by atoms with Crippen LogP contribution in [0.3, 0.4) is 0 Å². The predicted octanol–water partition coefficient (Wildman–Crippen LogP) is 5.63. The molecule has 112 valence electrons. The highest BCUT2D eigenvalue weighted by molar-refractivity contribution is 9.10. The van der Waals surface area contributed by atoms with E-state index in [9.17, 15) is 4.39 Å². The molecule has 0 aliphatic carbocycles. The van der Waals surface area contributed by atoms with Crippen molar-refractivity contribution in [2.24, 2.45) is 0 Å². The van der Waals surface area contributed by atoms with Crippen molar-refractivity contribution in [2.45, 2.75) is 25.8 Å². The summed E-state index contributed by atoms with van der Waals surface area (Å²) in [5, 5.41) is 3.57. The molecule has 1 unspecified atom stereocenters. The van der Waals surface area contributed by atoms with E-state index in [0.717, 1.165) is 29.4 Å². The van der Waals surface area contributed by atoms with Gasteiger partial charge in [-0.05, 0) is 64.6 Å². The maximum Gasteiger partial charge on any atom is 0.137 e. The molecule has 0 amide bonds. The summed E-state index contributed by atoms with van der Waals surface area (Å²) in [4.78, 5) is 0. The van der Waals surface area contributed by atoms with Crippen LogP contribution in [-0.2, 0) is 6.42 Å². The topological polar surface area (TPSA) is 12.0 Å². The molecule has 0 bridgehead atoms. The van der Waals surface area contributed by atoms with Crippen LogP contribution in [-0.4, -0.2) is 6.54 Å². The van der Waals surface area contributed by atoms with Crippen LogP contribution in [0.25, 0.3) is 0 Å². The summed E-state index contributed by atoms with van der Waals surface area (Å²) in [5.41, 5.74) is 2.33. The molecule has 1 N–H and O–H groups in total. The minimum atomic E-state index is -0.224. The Morgan fingerprint density at radius 3 is 2.52 bits per heavy atom. The van der Waals surface area contributed by atoms with Gasteiger partial charge in [0.05, 0.1) is 4.47 Å². The Morgan fingerprint density at radius 1 is 1.10 bits per heavy atom. The second kappa shape index (κ2) is 8.06. The Bertz CT molecular complexity index is 601. The molecule has 0 fully saturated rings. The van der Waals surface area contributed by atoms with Gasteiger partial charge < -0.3 is 5.32 Å². The number of hydrogen-bond acceptors (Lipinski definition) is 1. The fourth-order valence-corrected chi connectivity index (χ4v) is 3.26. The molecule has 0 aromatic heterocycles. The second-order valence-corrected chi connectivity index (χ2v) is 6.69. The summed E-state index contributed by atoms with van der Waals surface area (Å²) >= 11 is 6.87. The van der Waals surface area contributed by atoms with Crippen molar-refractivity contribution >= 4 is 31.9 Å². The normalized spacial score (nSPS) is 12.4. The molecule has 1 nitrogen and oxygen atoms in total. The summed E-state index contributed by atoms with van der Waals surface area (Å²) in [6, 6.07) is 13.6. The fourth-order valence-electron chi connectivity index (χ4n) is 2.27. The van der Waals surface area contributed by atoms with E-state index in [1.165, 1.54) is 11.6 Å². The number of rotatable bonds is 6. The molecule has 2 rings (SSSR count). The van der Waals surface area contributed by atoms with Crippen LogP contribution in [0.15, 0.2) is 51.4 Å². The van der Waals surface area contributed by atoms with E-state index in [4.69, 9.17) is 0 Å². The zero-order valence-electron chi connectivity index (χ0n) is 11.9. The van der Waals surface area contributed by atoms with E-state index in [1.807, 2.05) is 24.3 Å². The standard InChI is InChI=1S/C17H18Br2FN/c1-2-9-21-17(13-5-3-4-6-14(13)18)11-12-7-8-16(20)15(19)10-12/h3-8,10,17,21H,2,9,11H2,1H3. The van der Waals surface area contributed by atoms with Crippen molar-refractivity contribution in [3.8, 4) is 0 Å². The van der Waals surface area contributed by atoms with Crippen LogP contribution in [0, 0.1) is 5.82 Å². The molecule has 1 atom stereocenters. The molecule has 0 spiro atoms. The number of nitrogens with one attached hydrogen (secondary N) is 1. The molecule has 2 aromatic carbocycles. The average Bonchev–Trinajstić information content (AvgIpc) is 2.48. The first-order valence-electron chi connectivity index (χ1n) is 7.03. The third-order valence-corrected chi connectivity index (χ3v) is 4.68. The second-order valence-electron chi connectivity index (χ2n) is 4.98. The zero-order valence-corrected chi connectivity index (χ0v) is 15.0. The molecule has 4 heteroatoms. The molecular formula is C17H18Br2FN. The SMILES string of the molecule is CCCNC(Cc1ccc(F)c(Br)c1)c1ccccc1Br. The van der Waals surface area contributed by atoms with Crippen molar-refractivity contribution in [1.29, 1.82) is 0 Å². The van der Waals surface area contributed by atoms with Crippen molar-refractivity contribution in [1.82, 2.24) is 5.32 Å². The lowest BCUT2D eigenvalue weighted by molar-refractivity contribution is 0.526. The summed E-state index contributed by atoms with van der Waals surface area (Å²) in [7, 11) is 0. The van der Waals surface area contributed by atoms with E-state index in [2.05, 4.69) is 56.2 Å². The third-order valence-electron chi connectivity index (χ3n) is 3.35. The molecule has 0 aliphatic heterocycles. The summed E-state index contributed by atoms with van der Waals surface area (Å²) in [6.45, 7) is 3.10. The molecule has 2 aromatic rings. The first-order chi connectivity index (χ1) is 10.1. The van der Waals surface area contributed by atoms with Crippen molar-refractivity contribution in [2.75, 3.05) is 6.54 Å². The van der Waals surface area contributed by atoms with E-state index in [0.29, 0.717) is 4.47 Å². The first kappa shape index (κ1) is 16.7. The minimum absolute atomic E-state index is 0.206. The number of hydrogen-bond donors (Lipinski definition) is 1. The Hall–Kier alpha value is -0.710. The van der Waals surface area contributed by atoms with Gasteiger partial charge in [-0.2, -0.15) is 0 Å². The molecule has 0 heterocycles. The minimum Gasteiger partial charge on any atom is -0.310 e. The van der Waals surface area contributed by atoms with Gasteiger partial charge in [0.15, 0.2) is 0 Å². The highest BCUT2D eigenvalue weighted by Gasteiger charge is 2.15. The third kappa shape index (κ3) is 4.63. The quantitative estimate of drug-likeness (QED) is 0.645. The first-order valence-corrected chi connectivity index (χ1v) is 8.62. The van der Waals surface area contributed by atoms with Gasteiger partial charge in [-0.3, -0.25) is 0 Å². The Labute approximate surface area is 142 Å². The smallest absolute Gasteiger partial charge is 0.137 e. The molecule has 0 saturated heterocycles. The van der Waals surface area contributed by atoms with Gasteiger partial charge in [0.25, 0.3) is 0 Å². The van der Waals surface area contributed by atoms with Crippen molar-refractivity contribution < 1.29 is 4.39 Å². The summed E-state index contributed by atoms with van der Waals surface area (Å²) in [5.74, 6) is -0.224. The van der Waals surface area contributed by atoms with Gasteiger partial charge in [-0.1, -0.05) is 47.1 Å². The van der Waals surface area contributed by atoms with E-state index in [-0.39, 0.29) is 11.9 Å². The number of halogens is 3. The molecule has 0 radical (unpaired) electrons. The van der Waals surface area contributed by atoms with Gasteiger partial charge in [0.1, 0.15) is 5.82 Å². The maximum absolute atomic E-state index is 13.4. The summed E-state index contributed by atoms with van der Waals surface area (Å²) in [6.07, 6.45) is 1.90. The van der Waals surface area contributed by atoms with Gasteiger partial charge in [-0.15, -0.1) is 0 Å². The van der Waals surface area contributed by atoms with Crippen LogP contribution in [0.4, 0.5) is 4.39 Å². The average molecular weight is 415 g/mol. The largest absolute Gasteiger partial charge is 0.310 e. The van der Waals surface area contributed by atoms with Gasteiger partial charge in [0, 0.05) is 10.5 Å². The molecule has 0 aliphatic rings. The molecule has 0 saturated carbocycles. The van der Waals surface area contributed by atoms with E-state index < -0.39 is 0 Å². The van der Waals surface area contributed by atoms with E-state index in [1.54, 1.807) is 0 Å². The van der Waals surface area contributed by atoms with Gasteiger partial charge >= 0.3 is 0 Å². The fraction of sp³-hybridized carbons (Fsp3) is 0.294. The van der Waals surface area contributed by atoms with Gasteiger partial charge in [0.2, 0.25) is 0 Å². The lowest BCUT2D eigenvalue weighted by atomic mass is 9.98. The number of benzene rings is 2. The molecule has 21 heavy (non-hydrogen) atoms. The van der Waals surface area contributed by atoms with E-state index >= 15 is 0 Å². The predicted molar refractivity (Wildman–Crippen MR) is 93.0 cm³/mol. The van der Waals surface area contributed by atoms with Crippen LogP contribution in [0.2, 0.25) is 0 Å². The summed E-state index contributed by atoms with van der Waals surface area (Å²) < 4.78 is 15.0. The molecular weight excluding hydrogens is 397 g/mol.